The SMILES string of the molecule is Cc1ccc(C(=O)CCC(=O)OCC(=O)Nc2cccc(C(F)(F)F)c2)cc1C. The first-order valence-electron chi connectivity index (χ1n) is 8.79. The van der Waals surface area contributed by atoms with E-state index in [0.29, 0.717) is 5.56 Å². The molecule has 0 aliphatic rings. The number of carbonyl (C=O) groups is 3. The number of anilines is 1. The molecule has 0 fully saturated rings. The molecule has 1 amide bonds. The third-order valence-corrected chi connectivity index (χ3v) is 4.22. The zero-order valence-corrected chi connectivity index (χ0v) is 15.9. The number of hydrogen-bond donors (Lipinski definition) is 1. The van der Waals surface area contributed by atoms with Crippen molar-refractivity contribution in [2.24, 2.45) is 0 Å². The van der Waals surface area contributed by atoms with E-state index in [-0.39, 0.29) is 24.3 Å². The van der Waals surface area contributed by atoms with Crippen molar-refractivity contribution in [1.29, 1.82) is 0 Å². The average molecular weight is 407 g/mol. The lowest BCUT2D eigenvalue weighted by Gasteiger charge is -2.10. The first-order valence-corrected chi connectivity index (χ1v) is 8.79. The average Bonchev–Trinajstić information content (AvgIpc) is 2.66. The van der Waals surface area contributed by atoms with Crippen LogP contribution >= 0.6 is 0 Å². The van der Waals surface area contributed by atoms with Gasteiger partial charge in [0.05, 0.1) is 12.0 Å². The van der Waals surface area contributed by atoms with E-state index in [4.69, 9.17) is 4.74 Å². The number of halogens is 3. The van der Waals surface area contributed by atoms with E-state index in [1.165, 1.54) is 6.07 Å². The molecule has 0 bridgehead atoms. The molecule has 0 unspecified atom stereocenters. The second-order valence-electron chi connectivity index (χ2n) is 6.51. The predicted octanol–water partition coefficient (Wildman–Crippen LogP) is 4.47. The Kier molecular flexibility index (Phi) is 7.14. The van der Waals surface area contributed by atoms with E-state index < -0.39 is 30.2 Å². The van der Waals surface area contributed by atoms with E-state index in [9.17, 15) is 27.6 Å². The van der Waals surface area contributed by atoms with Crippen LogP contribution in [0.15, 0.2) is 42.5 Å². The number of hydrogen-bond acceptors (Lipinski definition) is 4. The molecule has 5 nitrogen and oxygen atoms in total. The first-order chi connectivity index (χ1) is 13.6. The molecule has 0 radical (unpaired) electrons. The molecule has 8 heteroatoms. The molecule has 154 valence electrons. The fraction of sp³-hybridized carbons (Fsp3) is 0.286. The molecule has 2 rings (SSSR count). The van der Waals surface area contributed by atoms with Crippen LogP contribution in [0.5, 0.6) is 0 Å². The lowest BCUT2D eigenvalue weighted by Crippen LogP contribution is -2.21. The van der Waals surface area contributed by atoms with E-state index in [2.05, 4.69) is 5.32 Å². The van der Waals surface area contributed by atoms with Gasteiger partial charge in [0, 0.05) is 17.7 Å². The lowest BCUT2D eigenvalue weighted by atomic mass is 10.0. The van der Waals surface area contributed by atoms with Gasteiger partial charge in [-0.2, -0.15) is 13.2 Å². The van der Waals surface area contributed by atoms with Crippen LogP contribution in [-0.4, -0.2) is 24.3 Å². The molecule has 2 aromatic carbocycles. The van der Waals surface area contributed by atoms with Crippen LogP contribution in [0.1, 0.15) is 39.9 Å². The zero-order chi connectivity index (χ0) is 21.6. The quantitative estimate of drug-likeness (QED) is 0.543. The van der Waals surface area contributed by atoms with Crippen molar-refractivity contribution in [2.45, 2.75) is 32.9 Å². The predicted molar refractivity (Wildman–Crippen MR) is 101 cm³/mol. The van der Waals surface area contributed by atoms with Gasteiger partial charge in [0.25, 0.3) is 5.91 Å². The number of amides is 1. The standard InChI is InChI=1S/C21H20F3NO4/c1-13-6-7-15(10-14(13)2)18(26)8-9-20(28)29-12-19(27)25-17-5-3-4-16(11-17)21(22,23)24/h3-7,10-11H,8-9,12H2,1-2H3,(H,25,27). The number of ketones is 1. The summed E-state index contributed by atoms with van der Waals surface area (Å²) in [6.07, 6.45) is -4.81. The van der Waals surface area contributed by atoms with Gasteiger partial charge < -0.3 is 10.1 Å². The molecule has 0 saturated carbocycles. The van der Waals surface area contributed by atoms with E-state index in [1.54, 1.807) is 12.1 Å². The van der Waals surface area contributed by atoms with E-state index >= 15 is 0 Å². The van der Waals surface area contributed by atoms with Gasteiger partial charge in [0.2, 0.25) is 0 Å². The van der Waals surface area contributed by atoms with E-state index in [0.717, 1.165) is 29.3 Å². The maximum Gasteiger partial charge on any atom is 0.416 e. The molecule has 1 N–H and O–H groups in total. The van der Waals surface area contributed by atoms with Gasteiger partial charge >= 0.3 is 12.1 Å². The molecule has 0 atom stereocenters. The second-order valence-corrected chi connectivity index (χ2v) is 6.51. The Labute approximate surface area is 165 Å². The minimum Gasteiger partial charge on any atom is -0.456 e. The first kappa shape index (κ1) is 22.1. The summed E-state index contributed by atoms with van der Waals surface area (Å²) in [6, 6.07) is 9.34. The minimum absolute atomic E-state index is 0.0641. The third-order valence-electron chi connectivity index (χ3n) is 4.22. The summed E-state index contributed by atoms with van der Waals surface area (Å²) in [5.74, 6) is -1.75. The van der Waals surface area contributed by atoms with Crippen LogP contribution < -0.4 is 5.32 Å². The summed E-state index contributed by atoms with van der Waals surface area (Å²) in [4.78, 5) is 35.6. The number of ether oxygens (including phenoxy) is 1. The highest BCUT2D eigenvalue weighted by Crippen LogP contribution is 2.30. The number of esters is 1. The molecule has 0 heterocycles. The molecule has 0 aliphatic heterocycles. The molecule has 0 spiro atoms. The highest BCUT2D eigenvalue weighted by atomic mass is 19.4. The van der Waals surface area contributed by atoms with Crippen molar-refractivity contribution in [1.82, 2.24) is 0 Å². The summed E-state index contributed by atoms with van der Waals surface area (Å²) in [6.45, 7) is 3.14. The largest absolute Gasteiger partial charge is 0.456 e. The second kappa shape index (κ2) is 9.36. The highest BCUT2D eigenvalue weighted by Gasteiger charge is 2.30. The topological polar surface area (TPSA) is 72.5 Å². The van der Waals surface area contributed by atoms with Gasteiger partial charge in [-0.05, 0) is 49.2 Å². The molecular formula is C21H20F3NO4. The normalized spacial score (nSPS) is 11.1. The van der Waals surface area contributed by atoms with Crippen LogP contribution in [0.2, 0.25) is 0 Å². The van der Waals surface area contributed by atoms with Crippen LogP contribution in [-0.2, 0) is 20.5 Å². The van der Waals surface area contributed by atoms with Crippen molar-refractivity contribution in [2.75, 3.05) is 11.9 Å². The zero-order valence-electron chi connectivity index (χ0n) is 15.9. The van der Waals surface area contributed by atoms with E-state index in [1.807, 2.05) is 19.9 Å². The van der Waals surface area contributed by atoms with Crippen LogP contribution in [0.25, 0.3) is 0 Å². The smallest absolute Gasteiger partial charge is 0.416 e. The number of rotatable bonds is 7. The summed E-state index contributed by atoms with van der Waals surface area (Å²) >= 11 is 0. The Morgan fingerprint density at radius 3 is 2.34 bits per heavy atom. The van der Waals surface area contributed by atoms with Crippen LogP contribution in [0, 0.1) is 13.8 Å². The molecule has 0 aromatic heterocycles. The van der Waals surface area contributed by atoms with Crippen molar-refractivity contribution in [3.63, 3.8) is 0 Å². The Morgan fingerprint density at radius 2 is 1.69 bits per heavy atom. The summed E-state index contributed by atoms with van der Waals surface area (Å²) < 4.78 is 42.8. The number of benzene rings is 2. The lowest BCUT2D eigenvalue weighted by molar-refractivity contribution is -0.147. The maximum atomic E-state index is 12.7. The third kappa shape index (κ3) is 6.74. The van der Waals surface area contributed by atoms with Gasteiger partial charge in [0.1, 0.15) is 0 Å². The molecule has 0 aliphatic carbocycles. The monoisotopic (exact) mass is 407 g/mol. The Hall–Kier alpha value is -3.16. The Balaban J connectivity index is 1.79. The maximum absolute atomic E-state index is 12.7. The number of Topliss-reactive ketones (excluding diaryl/α,β-unsaturated/α-hetero) is 1. The van der Waals surface area contributed by atoms with Crippen molar-refractivity contribution >= 4 is 23.3 Å². The molecular weight excluding hydrogens is 387 g/mol. The number of carbonyl (C=O) groups excluding carboxylic acids is 3. The molecule has 0 saturated heterocycles. The number of nitrogens with one attached hydrogen (secondary N) is 1. The van der Waals surface area contributed by atoms with Crippen molar-refractivity contribution in [3.8, 4) is 0 Å². The highest BCUT2D eigenvalue weighted by molar-refractivity contribution is 5.98. The van der Waals surface area contributed by atoms with Crippen LogP contribution in [0.4, 0.5) is 18.9 Å². The summed E-state index contributed by atoms with van der Waals surface area (Å²) in [5, 5.41) is 2.23. The summed E-state index contributed by atoms with van der Waals surface area (Å²) in [7, 11) is 0. The number of alkyl halides is 3. The fourth-order valence-electron chi connectivity index (χ4n) is 2.46. The van der Waals surface area contributed by atoms with Gasteiger partial charge in [-0.3, -0.25) is 14.4 Å². The molecule has 29 heavy (non-hydrogen) atoms. The Bertz CT molecular complexity index is 922. The van der Waals surface area contributed by atoms with Gasteiger partial charge in [0.15, 0.2) is 12.4 Å². The molecule has 2 aromatic rings. The van der Waals surface area contributed by atoms with Crippen molar-refractivity contribution < 1.29 is 32.3 Å². The van der Waals surface area contributed by atoms with Gasteiger partial charge in [-0.1, -0.05) is 18.2 Å². The summed E-state index contributed by atoms with van der Waals surface area (Å²) in [5.41, 5.74) is 1.53. The fourth-order valence-corrected chi connectivity index (χ4v) is 2.46. The van der Waals surface area contributed by atoms with Crippen LogP contribution in [0.3, 0.4) is 0 Å². The van der Waals surface area contributed by atoms with Gasteiger partial charge in [-0.15, -0.1) is 0 Å². The Morgan fingerprint density at radius 1 is 0.966 bits per heavy atom. The van der Waals surface area contributed by atoms with Crippen molar-refractivity contribution in [3.05, 3.63) is 64.7 Å². The minimum atomic E-state index is -4.53. The number of aryl methyl sites for hydroxylation is 2. The van der Waals surface area contributed by atoms with Gasteiger partial charge in [-0.25, -0.2) is 0 Å².